The number of fused-ring (bicyclic) bond motifs is 2. The SMILES string of the molecule is CCc1nc(C)cn2nc(C3=CC(=O)N4C=C(C5CCN(C(CO)CO)CC5)C=C/C4=C\C=C3)cc12. The van der Waals surface area contributed by atoms with E-state index in [0.29, 0.717) is 5.92 Å². The van der Waals surface area contributed by atoms with Crippen LogP contribution < -0.4 is 0 Å². The van der Waals surface area contributed by atoms with Gasteiger partial charge in [0.2, 0.25) is 0 Å². The molecule has 0 bridgehead atoms. The van der Waals surface area contributed by atoms with E-state index in [9.17, 15) is 15.0 Å². The minimum Gasteiger partial charge on any atom is -0.395 e. The van der Waals surface area contributed by atoms with Crippen molar-refractivity contribution < 1.29 is 15.0 Å². The first-order valence-electron chi connectivity index (χ1n) is 12.7. The van der Waals surface area contributed by atoms with E-state index in [-0.39, 0.29) is 25.2 Å². The van der Waals surface area contributed by atoms with Gasteiger partial charge >= 0.3 is 0 Å². The van der Waals surface area contributed by atoms with Crippen molar-refractivity contribution in [3.8, 4) is 0 Å². The molecule has 2 aromatic heterocycles. The minimum atomic E-state index is -0.199. The first-order chi connectivity index (χ1) is 17.5. The number of aliphatic hydroxyl groups excluding tert-OH is 2. The van der Waals surface area contributed by atoms with E-state index < -0.39 is 0 Å². The first-order valence-corrected chi connectivity index (χ1v) is 12.7. The molecule has 1 amide bonds. The summed E-state index contributed by atoms with van der Waals surface area (Å²) < 4.78 is 1.85. The van der Waals surface area contributed by atoms with Crippen LogP contribution in [0.2, 0.25) is 0 Å². The quantitative estimate of drug-likeness (QED) is 0.651. The van der Waals surface area contributed by atoms with Crippen molar-refractivity contribution in [2.24, 2.45) is 5.92 Å². The maximum Gasteiger partial charge on any atom is 0.255 e. The van der Waals surface area contributed by atoms with Gasteiger partial charge in [-0.05, 0) is 69.0 Å². The lowest BCUT2D eigenvalue weighted by atomic mass is 9.87. The Kier molecular flexibility index (Phi) is 7.00. The van der Waals surface area contributed by atoms with Crippen LogP contribution in [-0.4, -0.2) is 72.9 Å². The highest BCUT2D eigenvalue weighted by atomic mass is 16.3. The zero-order valence-corrected chi connectivity index (χ0v) is 20.8. The number of aryl methyl sites for hydroxylation is 2. The molecule has 188 valence electrons. The molecule has 0 aromatic carbocycles. The topological polar surface area (TPSA) is 94.2 Å². The lowest BCUT2D eigenvalue weighted by molar-refractivity contribution is -0.122. The molecule has 0 aliphatic carbocycles. The molecular weight excluding hydrogens is 454 g/mol. The summed E-state index contributed by atoms with van der Waals surface area (Å²) in [7, 11) is 0. The number of likely N-dealkylation sites (tertiary alicyclic amines) is 1. The van der Waals surface area contributed by atoms with Gasteiger partial charge in [0.1, 0.15) is 0 Å². The molecule has 3 aliphatic heterocycles. The molecule has 1 fully saturated rings. The average Bonchev–Trinajstić information content (AvgIpc) is 3.31. The number of amides is 1. The van der Waals surface area contributed by atoms with Crippen LogP contribution in [0.25, 0.3) is 11.1 Å². The van der Waals surface area contributed by atoms with Gasteiger partial charge in [-0.2, -0.15) is 5.10 Å². The number of hydrogen-bond acceptors (Lipinski definition) is 6. The Morgan fingerprint density at radius 1 is 1.14 bits per heavy atom. The van der Waals surface area contributed by atoms with Gasteiger partial charge in [-0.25, -0.2) is 4.52 Å². The Labute approximate surface area is 211 Å². The van der Waals surface area contributed by atoms with Crippen molar-refractivity contribution in [2.45, 2.75) is 39.2 Å². The van der Waals surface area contributed by atoms with Crippen LogP contribution >= 0.6 is 0 Å². The molecule has 8 heteroatoms. The Bertz CT molecular complexity index is 1300. The van der Waals surface area contributed by atoms with E-state index in [0.717, 1.165) is 71.8 Å². The lowest BCUT2D eigenvalue weighted by Gasteiger charge is -2.37. The zero-order valence-electron chi connectivity index (χ0n) is 20.8. The predicted octanol–water partition coefficient (Wildman–Crippen LogP) is 2.78. The third kappa shape index (κ3) is 4.72. The maximum atomic E-state index is 13.4. The van der Waals surface area contributed by atoms with Crippen LogP contribution in [0.1, 0.15) is 36.8 Å². The minimum absolute atomic E-state index is 0.0371. The summed E-state index contributed by atoms with van der Waals surface area (Å²) in [5, 5.41) is 23.7. The second kappa shape index (κ2) is 10.3. The van der Waals surface area contributed by atoms with Crippen LogP contribution in [-0.2, 0) is 11.2 Å². The number of carbonyl (C=O) groups excluding carboxylic acids is 1. The highest BCUT2D eigenvalue weighted by Crippen LogP contribution is 2.31. The normalized spacial score (nSPS) is 20.8. The van der Waals surface area contributed by atoms with Crippen molar-refractivity contribution in [3.05, 3.63) is 83.3 Å². The third-order valence-electron chi connectivity index (χ3n) is 7.28. The average molecular weight is 488 g/mol. The van der Waals surface area contributed by atoms with Crippen molar-refractivity contribution in [2.75, 3.05) is 26.3 Å². The number of allylic oxidation sites excluding steroid dienone is 7. The highest BCUT2D eigenvalue weighted by molar-refractivity contribution is 5.99. The summed E-state index contributed by atoms with van der Waals surface area (Å²) in [6.45, 7) is 5.59. The molecule has 0 atom stereocenters. The smallest absolute Gasteiger partial charge is 0.255 e. The van der Waals surface area contributed by atoms with Crippen LogP contribution in [0, 0.1) is 12.8 Å². The van der Waals surface area contributed by atoms with E-state index in [2.05, 4.69) is 22.9 Å². The van der Waals surface area contributed by atoms with Crippen LogP contribution in [0.5, 0.6) is 0 Å². The van der Waals surface area contributed by atoms with Crippen molar-refractivity contribution >= 4 is 17.0 Å². The largest absolute Gasteiger partial charge is 0.395 e. The van der Waals surface area contributed by atoms with Gasteiger partial charge in [0, 0.05) is 23.5 Å². The number of carbonyl (C=O) groups is 1. The second-order valence-electron chi connectivity index (χ2n) is 9.59. The summed E-state index contributed by atoms with van der Waals surface area (Å²) >= 11 is 0. The van der Waals surface area contributed by atoms with Gasteiger partial charge in [0.05, 0.1) is 48.1 Å². The number of nitrogens with zero attached hydrogens (tertiary/aromatic N) is 5. The van der Waals surface area contributed by atoms with Crippen molar-refractivity contribution in [1.82, 2.24) is 24.4 Å². The molecule has 2 aromatic rings. The number of rotatable bonds is 6. The van der Waals surface area contributed by atoms with Crippen LogP contribution in [0.15, 0.2) is 66.2 Å². The van der Waals surface area contributed by atoms with Gasteiger partial charge in [0.15, 0.2) is 0 Å². The Hall–Kier alpha value is -3.33. The molecule has 5 heterocycles. The molecule has 3 aliphatic rings. The third-order valence-corrected chi connectivity index (χ3v) is 7.28. The summed E-state index contributed by atoms with van der Waals surface area (Å²) in [5.41, 5.74) is 6.31. The van der Waals surface area contributed by atoms with Gasteiger partial charge < -0.3 is 10.2 Å². The van der Waals surface area contributed by atoms with Gasteiger partial charge in [0.25, 0.3) is 5.91 Å². The molecule has 8 nitrogen and oxygen atoms in total. The molecule has 0 spiro atoms. The number of piperidine rings is 1. The van der Waals surface area contributed by atoms with Gasteiger partial charge in [-0.1, -0.05) is 25.2 Å². The lowest BCUT2D eigenvalue weighted by Crippen LogP contribution is -2.45. The number of aliphatic hydroxyl groups is 2. The molecule has 0 radical (unpaired) electrons. The van der Waals surface area contributed by atoms with E-state index >= 15 is 0 Å². The molecule has 36 heavy (non-hydrogen) atoms. The number of aromatic nitrogens is 3. The summed E-state index contributed by atoms with van der Waals surface area (Å²) in [4.78, 5) is 21.9. The standard InChI is InChI=1S/C28H33N5O3/c1-3-25-27-14-26(30-33(27)15-19(2)29-25)21-5-4-6-23-8-7-22(16-32(23)28(36)13-21)20-9-11-31(12-10-20)24(17-34)18-35/h4-8,13-16,20,24,34-35H,3,9-12,17-18H2,1-2H3/b5-4?,21-13?,23-6+. The first kappa shape index (κ1) is 24.4. The van der Waals surface area contributed by atoms with E-state index in [1.54, 1.807) is 11.0 Å². The Morgan fingerprint density at radius 2 is 1.92 bits per heavy atom. The van der Waals surface area contributed by atoms with Gasteiger partial charge in [-0.3, -0.25) is 19.6 Å². The van der Waals surface area contributed by atoms with Crippen LogP contribution in [0.4, 0.5) is 0 Å². The van der Waals surface area contributed by atoms with Crippen LogP contribution in [0.3, 0.4) is 0 Å². The molecular formula is C28H33N5O3. The van der Waals surface area contributed by atoms with Crippen molar-refractivity contribution in [1.29, 1.82) is 0 Å². The van der Waals surface area contributed by atoms with Crippen molar-refractivity contribution in [3.63, 3.8) is 0 Å². The fourth-order valence-electron chi connectivity index (χ4n) is 5.23. The molecule has 2 N–H and O–H groups in total. The van der Waals surface area contributed by atoms with E-state index in [1.807, 2.05) is 54.2 Å². The summed E-state index contributed by atoms with van der Waals surface area (Å²) in [5.74, 6) is 0.221. The monoisotopic (exact) mass is 487 g/mol. The molecule has 0 unspecified atom stereocenters. The molecule has 5 rings (SSSR count). The summed E-state index contributed by atoms with van der Waals surface area (Å²) in [6.07, 6.45) is 18.1. The Balaban J connectivity index is 1.39. The highest BCUT2D eigenvalue weighted by Gasteiger charge is 2.28. The fraction of sp³-hybridized carbons (Fsp3) is 0.393. The van der Waals surface area contributed by atoms with Gasteiger partial charge in [-0.15, -0.1) is 0 Å². The maximum absolute atomic E-state index is 13.4. The molecule has 1 saturated heterocycles. The predicted molar refractivity (Wildman–Crippen MR) is 139 cm³/mol. The second-order valence-corrected chi connectivity index (χ2v) is 9.59. The molecule has 0 saturated carbocycles. The fourth-order valence-corrected chi connectivity index (χ4v) is 5.23. The summed E-state index contributed by atoms with van der Waals surface area (Å²) in [6, 6.07) is 1.80. The Morgan fingerprint density at radius 3 is 2.64 bits per heavy atom. The number of hydrogen-bond donors (Lipinski definition) is 2. The zero-order chi connectivity index (χ0) is 25.2. The van der Waals surface area contributed by atoms with E-state index in [1.165, 1.54) is 0 Å². The van der Waals surface area contributed by atoms with E-state index in [4.69, 9.17) is 5.10 Å².